The van der Waals surface area contributed by atoms with Gasteiger partial charge in [-0.1, -0.05) is 50.1 Å². The number of hydrogen-bond acceptors (Lipinski definition) is 1. The SMILES string of the molecule is C#CCNC(=O)N[C@@H](c1ccccc1)C(C)C. The molecule has 1 rings (SSSR count). The Morgan fingerprint density at radius 3 is 2.53 bits per heavy atom. The van der Waals surface area contributed by atoms with E-state index < -0.39 is 0 Å². The van der Waals surface area contributed by atoms with Crippen molar-refractivity contribution in [2.45, 2.75) is 19.9 Å². The van der Waals surface area contributed by atoms with E-state index in [4.69, 9.17) is 6.42 Å². The molecule has 2 N–H and O–H groups in total. The molecule has 0 saturated carbocycles. The molecule has 0 saturated heterocycles. The van der Waals surface area contributed by atoms with Crippen molar-refractivity contribution in [3.05, 3.63) is 35.9 Å². The summed E-state index contributed by atoms with van der Waals surface area (Å²) in [5, 5.41) is 5.52. The van der Waals surface area contributed by atoms with Crippen LogP contribution in [-0.4, -0.2) is 12.6 Å². The van der Waals surface area contributed by atoms with E-state index in [1.165, 1.54) is 0 Å². The first-order chi connectivity index (χ1) is 8.15. The Morgan fingerprint density at radius 2 is 2.00 bits per heavy atom. The van der Waals surface area contributed by atoms with Gasteiger partial charge < -0.3 is 10.6 Å². The first-order valence-electron chi connectivity index (χ1n) is 5.68. The van der Waals surface area contributed by atoms with Crippen molar-refractivity contribution in [2.75, 3.05) is 6.54 Å². The molecule has 90 valence electrons. The first-order valence-corrected chi connectivity index (χ1v) is 5.68. The lowest BCUT2D eigenvalue weighted by Gasteiger charge is -2.22. The molecule has 0 aliphatic heterocycles. The maximum Gasteiger partial charge on any atom is 0.316 e. The molecule has 0 aliphatic carbocycles. The van der Waals surface area contributed by atoms with Crippen LogP contribution >= 0.6 is 0 Å². The monoisotopic (exact) mass is 230 g/mol. The molecule has 1 aromatic rings. The number of benzene rings is 1. The van der Waals surface area contributed by atoms with Crippen molar-refractivity contribution < 1.29 is 4.79 Å². The van der Waals surface area contributed by atoms with Crippen LogP contribution in [0.4, 0.5) is 4.79 Å². The van der Waals surface area contributed by atoms with Crippen LogP contribution in [0.3, 0.4) is 0 Å². The van der Waals surface area contributed by atoms with Gasteiger partial charge in [0.05, 0.1) is 12.6 Å². The van der Waals surface area contributed by atoms with E-state index in [1.54, 1.807) is 0 Å². The van der Waals surface area contributed by atoms with Crippen LogP contribution in [0, 0.1) is 18.3 Å². The Kier molecular flexibility index (Phi) is 5.09. The van der Waals surface area contributed by atoms with Crippen LogP contribution < -0.4 is 10.6 Å². The van der Waals surface area contributed by atoms with Gasteiger partial charge in [0.25, 0.3) is 0 Å². The van der Waals surface area contributed by atoms with Gasteiger partial charge in [0.1, 0.15) is 0 Å². The minimum absolute atomic E-state index is 0.00558. The second-order valence-corrected chi connectivity index (χ2v) is 4.16. The third-order valence-corrected chi connectivity index (χ3v) is 2.46. The summed E-state index contributed by atoms with van der Waals surface area (Å²) in [6.07, 6.45) is 5.09. The largest absolute Gasteiger partial charge is 0.331 e. The highest BCUT2D eigenvalue weighted by atomic mass is 16.2. The molecule has 0 radical (unpaired) electrons. The molecule has 0 unspecified atom stereocenters. The zero-order valence-electron chi connectivity index (χ0n) is 10.2. The molecule has 0 heterocycles. The summed E-state index contributed by atoms with van der Waals surface area (Å²) in [5.41, 5.74) is 1.10. The number of nitrogens with one attached hydrogen (secondary N) is 2. The fourth-order valence-corrected chi connectivity index (χ4v) is 1.62. The summed E-state index contributed by atoms with van der Waals surface area (Å²) in [6.45, 7) is 4.38. The Morgan fingerprint density at radius 1 is 1.35 bits per heavy atom. The molecule has 0 aliphatic rings. The number of urea groups is 1. The molecule has 2 amide bonds. The molecule has 3 nitrogen and oxygen atoms in total. The number of amides is 2. The summed E-state index contributed by atoms with van der Waals surface area (Å²) >= 11 is 0. The van der Waals surface area contributed by atoms with Gasteiger partial charge in [-0.2, -0.15) is 0 Å². The summed E-state index contributed by atoms with van der Waals surface area (Å²) in [6, 6.07) is 9.66. The maximum absolute atomic E-state index is 11.6. The average molecular weight is 230 g/mol. The Labute approximate surface area is 103 Å². The minimum atomic E-state index is -0.231. The van der Waals surface area contributed by atoms with E-state index in [0.29, 0.717) is 5.92 Å². The maximum atomic E-state index is 11.6. The Hall–Kier alpha value is -1.95. The lowest BCUT2D eigenvalue weighted by molar-refractivity contribution is 0.234. The number of hydrogen-bond donors (Lipinski definition) is 2. The second-order valence-electron chi connectivity index (χ2n) is 4.16. The molecule has 0 spiro atoms. The van der Waals surface area contributed by atoms with E-state index >= 15 is 0 Å². The van der Waals surface area contributed by atoms with Crippen LogP contribution in [0.25, 0.3) is 0 Å². The summed E-state index contributed by atoms with van der Waals surface area (Å²) in [7, 11) is 0. The standard InChI is InChI=1S/C14H18N2O/c1-4-10-15-14(17)16-13(11(2)3)12-8-6-5-7-9-12/h1,5-9,11,13H,10H2,2-3H3,(H2,15,16,17)/t13-/m1/s1. The quantitative estimate of drug-likeness (QED) is 0.766. The number of rotatable bonds is 4. The zero-order chi connectivity index (χ0) is 12.7. The first kappa shape index (κ1) is 13.1. The van der Waals surface area contributed by atoms with E-state index in [9.17, 15) is 4.79 Å². The Bertz CT molecular complexity index is 392. The fourth-order valence-electron chi connectivity index (χ4n) is 1.62. The highest BCUT2D eigenvalue weighted by Crippen LogP contribution is 2.20. The van der Waals surface area contributed by atoms with Crippen molar-refractivity contribution in [3.63, 3.8) is 0 Å². The summed E-state index contributed by atoms with van der Waals surface area (Å²) < 4.78 is 0. The smallest absolute Gasteiger partial charge is 0.316 e. The third-order valence-electron chi connectivity index (χ3n) is 2.46. The highest BCUT2D eigenvalue weighted by molar-refractivity contribution is 5.74. The van der Waals surface area contributed by atoms with Crippen LogP contribution in [0.2, 0.25) is 0 Å². The molecule has 0 fully saturated rings. The van der Waals surface area contributed by atoms with Gasteiger partial charge in [-0.25, -0.2) is 4.79 Å². The number of terminal acetylenes is 1. The zero-order valence-corrected chi connectivity index (χ0v) is 10.2. The van der Waals surface area contributed by atoms with Crippen LogP contribution in [0.1, 0.15) is 25.5 Å². The molecule has 1 atom stereocenters. The molecule has 0 bridgehead atoms. The third kappa shape index (κ3) is 4.20. The van der Waals surface area contributed by atoms with Gasteiger partial charge in [0.2, 0.25) is 0 Å². The van der Waals surface area contributed by atoms with E-state index in [0.717, 1.165) is 5.56 Å². The van der Waals surface area contributed by atoms with Crippen LogP contribution in [0.5, 0.6) is 0 Å². The van der Waals surface area contributed by atoms with E-state index in [2.05, 4.69) is 30.4 Å². The predicted octanol–water partition coefficient (Wildman–Crippen LogP) is 2.32. The predicted molar refractivity (Wildman–Crippen MR) is 69.4 cm³/mol. The molecular weight excluding hydrogens is 212 g/mol. The minimum Gasteiger partial charge on any atom is -0.331 e. The molecule has 3 heteroatoms. The van der Waals surface area contributed by atoms with E-state index in [-0.39, 0.29) is 18.6 Å². The van der Waals surface area contributed by atoms with Crippen molar-refractivity contribution >= 4 is 6.03 Å². The lowest BCUT2D eigenvalue weighted by atomic mass is 9.96. The van der Waals surface area contributed by atoms with Crippen molar-refractivity contribution in [1.82, 2.24) is 10.6 Å². The molecular formula is C14H18N2O. The van der Waals surface area contributed by atoms with Gasteiger partial charge in [-0.3, -0.25) is 0 Å². The highest BCUT2D eigenvalue weighted by Gasteiger charge is 2.17. The topological polar surface area (TPSA) is 41.1 Å². The average Bonchev–Trinajstić information content (AvgIpc) is 2.34. The Balaban J connectivity index is 2.69. The number of carbonyl (C=O) groups excluding carboxylic acids is 1. The normalized spacial score (nSPS) is 11.6. The number of carbonyl (C=O) groups is 1. The summed E-state index contributed by atoms with van der Waals surface area (Å²) in [5.74, 6) is 2.68. The van der Waals surface area contributed by atoms with Gasteiger partial charge in [-0.15, -0.1) is 6.42 Å². The fraction of sp³-hybridized carbons (Fsp3) is 0.357. The summed E-state index contributed by atoms with van der Waals surface area (Å²) in [4.78, 5) is 11.6. The van der Waals surface area contributed by atoms with Gasteiger partial charge in [0.15, 0.2) is 0 Å². The molecule has 0 aromatic heterocycles. The van der Waals surface area contributed by atoms with Crippen molar-refractivity contribution in [1.29, 1.82) is 0 Å². The van der Waals surface area contributed by atoms with E-state index in [1.807, 2.05) is 30.3 Å². The second kappa shape index (κ2) is 6.59. The van der Waals surface area contributed by atoms with Gasteiger partial charge >= 0.3 is 6.03 Å². The van der Waals surface area contributed by atoms with Gasteiger partial charge in [-0.05, 0) is 11.5 Å². The van der Waals surface area contributed by atoms with Crippen LogP contribution in [-0.2, 0) is 0 Å². The van der Waals surface area contributed by atoms with Crippen molar-refractivity contribution in [2.24, 2.45) is 5.92 Å². The van der Waals surface area contributed by atoms with Crippen LogP contribution in [0.15, 0.2) is 30.3 Å². The van der Waals surface area contributed by atoms with Gasteiger partial charge in [0, 0.05) is 0 Å². The van der Waals surface area contributed by atoms with Crippen molar-refractivity contribution in [3.8, 4) is 12.3 Å². The molecule has 17 heavy (non-hydrogen) atoms. The molecule has 1 aromatic carbocycles. The lowest BCUT2D eigenvalue weighted by Crippen LogP contribution is -2.39.